The number of phenolic OH excluding ortho intramolecular Hbond substituents is 2. The van der Waals surface area contributed by atoms with Gasteiger partial charge in [-0.15, -0.1) is 0 Å². The van der Waals surface area contributed by atoms with Crippen LogP contribution in [0.25, 0.3) is 0 Å². The second-order valence-electron chi connectivity index (χ2n) is 4.48. The van der Waals surface area contributed by atoms with Crippen molar-refractivity contribution in [1.82, 2.24) is 0 Å². The molecule has 1 fully saturated rings. The predicted molar refractivity (Wildman–Crippen MR) is 69.4 cm³/mol. The van der Waals surface area contributed by atoms with Gasteiger partial charge in [-0.2, -0.15) is 0 Å². The quantitative estimate of drug-likeness (QED) is 0.819. The lowest BCUT2D eigenvalue weighted by atomic mass is 9.99. The van der Waals surface area contributed by atoms with Crippen LogP contribution in [0.4, 0.5) is 0 Å². The van der Waals surface area contributed by atoms with Gasteiger partial charge in [0.25, 0.3) is 0 Å². The molecule has 1 aromatic rings. The van der Waals surface area contributed by atoms with E-state index >= 15 is 0 Å². The minimum atomic E-state index is -0.670. The molecular weight excluding hydrogens is 248 g/mol. The molecule has 1 aliphatic rings. The van der Waals surface area contributed by atoms with Crippen LogP contribution < -0.4 is 0 Å². The van der Waals surface area contributed by atoms with Crippen LogP contribution in [0.2, 0.25) is 0 Å². The molecule has 0 amide bonds. The molecule has 104 valence electrons. The maximum atomic E-state index is 11.6. The molecule has 1 saturated carbocycles. The Balaban J connectivity index is 0.00000180. The monoisotopic (exact) mass is 266 g/mol. The van der Waals surface area contributed by atoms with Crippen LogP contribution in [-0.4, -0.2) is 29.1 Å². The van der Waals surface area contributed by atoms with E-state index in [1.165, 1.54) is 20.1 Å². The molecular formula is C14H18O5. The van der Waals surface area contributed by atoms with Gasteiger partial charge in [0.05, 0.1) is 7.11 Å². The summed E-state index contributed by atoms with van der Waals surface area (Å²) in [5, 5.41) is 19.2. The van der Waals surface area contributed by atoms with Crippen molar-refractivity contribution in [2.24, 2.45) is 5.92 Å². The fraction of sp³-hybridized carbons (Fsp3) is 0.429. The molecule has 2 rings (SSSR count). The first-order chi connectivity index (χ1) is 8.45. The number of hydrogen-bond donors (Lipinski definition) is 2. The molecule has 2 N–H and O–H groups in total. The summed E-state index contributed by atoms with van der Waals surface area (Å²) < 4.78 is 4.61. The van der Waals surface area contributed by atoms with E-state index in [4.69, 9.17) is 0 Å². The number of methoxy groups -OCH3 is 1. The molecule has 5 nitrogen and oxygen atoms in total. The lowest BCUT2D eigenvalue weighted by molar-refractivity contribution is -0.118. The van der Waals surface area contributed by atoms with Crippen LogP contribution in [-0.2, 0) is 9.53 Å². The van der Waals surface area contributed by atoms with Crippen molar-refractivity contribution >= 4 is 11.8 Å². The van der Waals surface area contributed by atoms with Gasteiger partial charge in [-0.3, -0.25) is 4.79 Å². The molecule has 0 aromatic heterocycles. The van der Waals surface area contributed by atoms with Crippen molar-refractivity contribution in [3.8, 4) is 11.5 Å². The molecule has 0 unspecified atom stereocenters. The summed E-state index contributed by atoms with van der Waals surface area (Å²) >= 11 is 0. The van der Waals surface area contributed by atoms with E-state index in [1.807, 2.05) is 0 Å². The number of ether oxygens (including phenoxy) is 1. The van der Waals surface area contributed by atoms with Crippen molar-refractivity contribution < 1.29 is 24.5 Å². The van der Waals surface area contributed by atoms with Gasteiger partial charge in [0.2, 0.25) is 0 Å². The second kappa shape index (κ2) is 5.30. The number of esters is 1. The summed E-state index contributed by atoms with van der Waals surface area (Å²) in [6.45, 7) is 1.49. The van der Waals surface area contributed by atoms with Crippen LogP contribution in [0.3, 0.4) is 0 Å². The van der Waals surface area contributed by atoms with Crippen molar-refractivity contribution in [3.63, 3.8) is 0 Å². The van der Waals surface area contributed by atoms with Gasteiger partial charge in [0.1, 0.15) is 22.8 Å². The van der Waals surface area contributed by atoms with Crippen molar-refractivity contribution in [2.45, 2.75) is 26.7 Å². The zero-order valence-electron chi connectivity index (χ0n) is 10.1. The van der Waals surface area contributed by atoms with Crippen molar-refractivity contribution in [1.29, 1.82) is 0 Å². The average molecular weight is 266 g/mol. The summed E-state index contributed by atoms with van der Waals surface area (Å²) in [5.41, 5.74) is 0.503. The number of benzene rings is 1. The van der Waals surface area contributed by atoms with Gasteiger partial charge in [-0.05, 0) is 30.9 Å². The van der Waals surface area contributed by atoms with Gasteiger partial charge < -0.3 is 14.9 Å². The largest absolute Gasteiger partial charge is 0.508 e. The third-order valence-electron chi connectivity index (χ3n) is 3.23. The Labute approximate surface area is 111 Å². The molecule has 0 heterocycles. The topological polar surface area (TPSA) is 83.8 Å². The highest BCUT2D eigenvalue weighted by Crippen LogP contribution is 2.51. The van der Waals surface area contributed by atoms with E-state index in [0.717, 1.165) is 6.07 Å². The standard InChI is InChI=1S/C13H14O5.CH4/c1-6(14)8-5-9(8)10-3-7(15)4-11(16)12(10)13(17)18-2;/h3-4,8-9,15-16H,5H2,1-2H3;1H4/t8-,9-;/m0./s1. The summed E-state index contributed by atoms with van der Waals surface area (Å²) in [6.07, 6.45) is 0.627. The first kappa shape index (κ1) is 15.0. The lowest BCUT2D eigenvalue weighted by Gasteiger charge is -2.10. The van der Waals surface area contributed by atoms with Crippen LogP contribution in [0, 0.1) is 5.92 Å². The smallest absolute Gasteiger partial charge is 0.341 e. The van der Waals surface area contributed by atoms with Crippen LogP contribution in [0.1, 0.15) is 42.6 Å². The molecule has 1 aromatic carbocycles. The summed E-state index contributed by atoms with van der Waals surface area (Å²) in [7, 11) is 1.22. The van der Waals surface area contributed by atoms with E-state index in [0.29, 0.717) is 12.0 Å². The number of ketones is 1. The van der Waals surface area contributed by atoms with Crippen LogP contribution >= 0.6 is 0 Å². The number of rotatable bonds is 3. The van der Waals surface area contributed by atoms with E-state index in [2.05, 4.69) is 4.74 Å². The Hall–Kier alpha value is -2.04. The summed E-state index contributed by atoms with van der Waals surface area (Å²) in [6, 6.07) is 2.49. The van der Waals surface area contributed by atoms with E-state index < -0.39 is 5.97 Å². The number of phenols is 2. The molecule has 5 heteroatoms. The van der Waals surface area contributed by atoms with Gasteiger partial charge in [-0.25, -0.2) is 4.79 Å². The lowest BCUT2D eigenvalue weighted by Crippen LogP contribution is -2.07. The first-order valence-electron chi connectivity index (χ1n) is 5.60. The van der Waals surface area contributed by atoms with Gasteiger partial charge in [-0.1, -0.05) is 7.43 Å². The van der Waals surface area contributed by atoms with Gasteiger partial charge >= 0.3 is 5.97 Å². The third kappa shape index (κ3) is 2.70. The summed E-state index contributed by atoms with van der Waals surface area (Å²) in [5.74, 6) is -1.37. The van der Waals surface area contributed by atoms with Crippen molar-refractivity contribution in [3.05, 3.63) is 23.3 Å². The van der Waals surface area contributed by atoms with Gasteiger partial charge in [0.15, 0.2) is 0 Å². The minimum Gasteiger partial charge on any atom is -0.508 e. The molecule has 0 spiro atoms. The Morgan fingerprint density at radius 2 is 1.95 bits per heavy atom. The molecule has 0 saturated heterocycles. The number of carbonyl (C=O) groups is 2. The average Bonchev–Trinajstić information content (AvgIpc) is 3.06. The fourth-order valence-corrected chi connectivity index (χ4v) is 2.24. The van der Waals surface area contributed by atoms with Crippen molar-refractivity contribution in [2.75, 3.05) is 7.11 Å². The maximum Gasteiger partial charge on any atom is 0.341 e. The van der Waals surface area contributed by atoms with Crippen LogP contribution in [0.5, 0.6) is 11.5 Å². The SMILES string of the molecule is C.COC(=O)c1c(O)cc(O)cc1[C@H]1C[C@H]1C(C)=O. The number of aromatic hydroxyl groups is 2. The normalized spacial score (nSPS) is 20.3. The minimum absolute atomic E-state index is 0. The first-order valence-corrected chi connectivity index (χ1v) is 5.60. The number of hydrogen-bond acceptors (Lipinski definition) is 5. The van der Waals surface area contributed by atoms with E-state index in [-0.39, 0.29) is 42.1 Å². The zero-order chi connectivity index (χ0) is 13.4. The molecule has 0 radical (unpaired) electrons. The van der Waals surface area contributed by atoms with E-state index in [1.54, 1.807) is 0 Å². The predicted octanol–water partition coefficient (Wildman–Crippen LogP) is 2.21. The highest BCUT2D eigenvalue weighted by Gasteiger charge is 2.44. The molecule has 0 aliphatic heterocycles. The van der Waals surface area contributed by atoms with Crippen LogP contribution in [0.15, 0.2) is 12.1 Å². The second-order valence-corrected chi connectivity index (χ2v) is 4.48. The Morgan fingerprint density at radius 1 is 1.32 bits per heavy atom. The summed E-state index contributed by atoms with van der Waals surface area (Å²) in [4.78, 5) is 22.9. The Morgan fingerprint density at radius 3 is 2.42 bits per heavy atom. The molecule has 0 bridgehead atoms. The number of carbonyl (C=O) groups excluding carboxylic acids is 2. The van der Waals surface area contributed by atoms with Gasteiger partial charge in [0, 0.05) is 12.0 Å². The third-order valence-corrected chi connectivity index (χ3v) is 3.23. The highest BCUT2D eigenvalue weighted by atomic mass is 16.5. The van der Waals surface area contributed by atoms with E-state index in [9.17, 15) is 19.8 Å². The Bertz CT molecular complexity index is 521. The number of Topliss-reactive ketones (excluding diaryl/α,β-unsaturated/α-hetero) is 1. The Kier molecular flexibility index (Phi) is 4.19. The highest BCUT2D eigenvalue weighted by molar-refractivity contribution is 5.95. The fourth-order valence-electron chi connectivity index (χ4n) is 2.24. The zero-order valence-corrected chi connectivity index (χ0v) is 10.1. The maximum absolute atomic E-state index is 11.6. The molecule has 19 heavy (non-hydrogen) atoms. The molecule has 2 atom stereocenters. The molecule has 1 aliphatic carbocycles.